The minimum absolute atomic E-state index is 0.125. The Morgan fingerprint density at radius 1 is 1.18 bits per heavy atom. The molecule has 1 aromatic rings. The standard InChI is InChI=1S/C15H24ClN/c1-10(2)7-11(3)8-15(17)13-5-6-14(16)12(4)9-13/h5-6,9-11,15H,7-8,17H2,1-4H3. The highest BCUT2D eigenvalue weighted by Gasteiger charge is 2.13. The molecule has 0 amide bonds. The van der Waals surface area contributed by atoms with Gasteiger partial charge in [0.2, 0.25) is 0 Å². The molecule has 0 saturated carbocycles. The summed E-state index contributed by atoms with van der Waals surface area (Å²) >= 11 is 6.02. The molecule has 0 fully saturated rings. The molecule has 0 spiro atoms. The predicted octanol–water partition coefficient (Wildman–Crippen LogP) is 4.72. The van der Waals surface area contributed by atoms with Crippen LogP contribution in [0.1, 0.15) is 50.8 Å². The molecule has 17 heavy (non-hydrogen) atoms. The number of aryl methyl sites for hydroxylation is 1. The van der Waals surface area contributed by atoms with E-state index in [1.807, 2.05) is 19.1 Å². The predicted molar refractivity (Wildman–Crippen MR) is 76.4 cm³/mol. The van der Waals surface area contributed by atoms with Crippen molar-refractivity contribution < 1.29 is 0 Å². The summed E-state index contributed by atoms with van der Waals surface area (Å²) in [5.74, 6) is 1.41. The summed E-state index contributed by atoms with van der Waals surface area (Å²) in [4.78, 5) is 0. The fourth-order valence-electron chi connectivity index (χ4n) is 2.37. The maximum atomic E-state index is 6.25. The Balaban J connectivity index is 2.63. The van der Waals surface area contributed by atoms with Gasteiger partial charge in [0.15, 0.2) is 0 Å². The largest absolute Gasteiger partial charge is 0.324 e. The summed E-state index contributed by atoms with van der Waals surface area (Å²) in [6.45, 7) is 8.82. The average Bonchev–Trinajstić information content (AvgIpc) is 2.20. The molecule has 96 valence electrons. The molecule has 2 unspecified atom stereocenters. The molecule has 1 aromatic carbocycles. The van der Waals surface area contributed by atoms with E-state index < -0.39 is 0 Å². The van der Waals surface area contributed by atoms with Gasteiger partial charge in [0.25, 0.3) is 0 Å². The number of hydrogen-bond donors (Lipinski definition) is 1. The SMILES string of the molecule is Cc1cc(C(N)CC(C)CC(C)C)ccc1Cl. The first-order chi connectivity index (χ1) is 7.90. The normalized spacial score (nSPS) is 15.0. The van der Waals surface area contributed by atoms with Crippen molar-refractivity contribution in [3.05, 3.63) is 34.3 Å². The molecule has 1 nitrogen and oxygen atoms in total. The third-order valence-electron chi connectivity index (χ3n) is 3.14. The van der Waals surface area contributed by atoms with Crippen molar-refractivity contribution in [2.75, 3.05) is 0 Å². The summed E-state index contributed by atoms with van der Waals surface area (Å²) in [6.07, 6.45) is 2.28. The average molecular weight is 254 g/mol. The minimum Gasteiger partial charge on any atom is -0.324 e. The van der Waals surface area contributed by atoms with Crippen LogP contribution in [0.4, 0.5) is 0 Å². The lowest BCUT2D eigenvalue weighted by atomic mass is 9.90. The summed E-state index contributed by atoms with van der Waals surface area (Å²) in [6, 6.07) is 6.22. The van der Waals surface area contributed by atoms with E-state index in [0.29, 0.717) is 5.92 Å². The smallest absolute Gasteiger partial charge is 0.0435 e. The lowest BCUT2D eigenvalue weighted by Gasteiger charge is -2.19. The molecular formula is C15H24ClN. The first kappa shape index (κ1) is 14.5. The zero-order valence-corrected chi connectivity index (χ0v) is 12.1. The van der Waals surface area contributed by atoms with Crippen molar-refractivity contribution in [2.45, 2.75) is 46.6 Å². The zero-order chi connectivity index (χ0) is 13.0. The van der Waals surface area contributed by atoms with E-state index in [2.05, 4.69) is 26.8 Å². The van der Waals surface area contributed by atoms with E-state index in [9.17, 15) is 0 Å². The molecule has 0 aromatic heterocycles. The molecule has 0 bridgehead atoms. The number of nitrogens with two attached hydrogens (primary N) is 1. The van der Waals surface area contributed by atoms with Gasteiger partial charge in [-0.25, -0.2) is 0 Å². The Bertz CT molecular complexity index is 360. The van der Waals surface area contributed by atoms with E-state index >= 15 is 0 Å². The molecule has 2 atom stereocenters. The van der Waals surface area contributed by atoms with Crippen LogP contribution in [0.5, 0.6) is 0 Å². The van der Waals surface area contributed by atoms with Gasteiger partial charge in [-0.3, -0.25) is 0 Å². The summed E-state index contributed by atoms with van der Waals surface area (Å²) in [5, 5.41) is 0.816. The second-order valence-corrected chi connectivity index (χ2v) is 5.99. The molecule has 1 rings (SSSR count). The monoisotopic (exact) mass is 253 g/mol. The first-order valence-electron chi connectivity index (χ1n) is 6.41. The van der Waals surface area contributed by atoms with Crippen LogP contribution in [0.2, 0.25) is 5.02 Å². The van der Waals surface area contributed by atoms with Crippen molar-refractivity contribution in [1.29, 1.82) is 0 Å². The quantitative estimate of drug-likeness (QED) is 0.807. The maximum absolute atomic E-state index is 6.25. The van der Waals surface area contributed by atoms with Crippen LogP contribution < -0.4 is 5.73 Å². The highest BCUT2D eigenvalue weighted by Crippen LogP contribution is 2.26. The Morgan fingerprint density at radius 2 is 1.82 bits per heavy atom. The van der Waals surface area contributed by atoms with Crippen LogP contribution in [-0.2, 0) is 0 Å². The Morgan fingerprint density at radius 3 is 2.35 bits per heavy atom. The molecule has 0 saturated heterocycles. The maximum Gasteiger partial charge on any atom is 0.0435 e. The van der Waals surface area contributed by atoms with Gasteiger partial charge in [-0.2, -0.15) is 0 Å². The molecule has 2 N–H and O–H groups in total. The van der Waals surface area contributed by atoms with Crippen molar-refractivity contribution in [3.63, 3.8) is 0 Å². The van der Waals surface area contributed by atoms with Gasteiger partial charge in [-0.1, -0.05) is 44.5 Å². The third-order valence-corrected chi connectivity index (χ3v) is 3.56. The Kier molecular flexibility index (Phi) is 5.48. The molecule has 0 aliphatic rings. The van der Waals surface area contributed by atoms with E-state index in [-0.39, 0.29) is 6.04 Å². The molecule has 0 aliphatic carbocycles. The van der Waals surface area contributed by atoms with Crippen molar-refractivity contribution in [3.8, 4) is 0 Å². The summed E-state index contributed by atoms with van der Waals surface area (Å²) < 4.78 is 0. The van der Waals surface area contributed by atoms with E-state index in [1.54, 1.807) is 0 Å². The molecule has 0 aliphatic heterocycles. The second kappa shape index (κ2) is 6.42. The summed E-state index contributed by atoms with van der Waals surface area (Å²) in [7, 11) is 0. The number of halogens is 1. The highest BCUT2D eigenvalue weighted by molar-refractivity contribution is 6.31. The van der Waals surface area contributed by atoms with Gasteiger partial charge < -0.3 is 5.73 Å². The van der Waals surface area contributed by atoms with Crippen LogP contribution in [0.25, 0.3) is 0 Å². The van der Waals surface area contributed by atoms with Crippen molar-refractivity contribution in [1.82, 2.24) is 0 Å². The van der Waals surface area contributed by atoms with Gasteiger partial charge in [0.05, 0.1) is 0 Å². The minimum atomic E-state index is 0.125. The Hall–Kier alpha value is -0.530. The lowest BCUT2D eigenvalue weighted by molar-refractivity contribution is 0.387. The van der Waals surface area contributed by atoms with Gasteiger partial charge in [0, 0.05) is 11.1 Å². The lowest BCUT2D eigenvalue weighted by Crippen LogP contribution is -2.15. The van der Waals surface area contributed by atoms with Crippen LogP contribution in [0, 0.1) is 18.8 Å². The number of benzene rings is 1. The van der Waals surface area contributed by atoms with Crippen molar-refractivity contribution in [2.24, 2.45) is 17.6 Å². The fourth-order valence-corrected chi connectivity index (χ4v) is 2.49. The van der Waals surface area contributed by atoms with Gasteiger partial charge >= 0.3 is 0 Å². The number of rotatable bonds is 5. The Labute approximate surface area is 110 Å². The van der Waals surface area contributed by atoms with Crippen LogP contribution >= 0.6 is 11.6 Å². The van der Waals surface area contributed by atoms with Crippen molar-refractivity contribution >= 4 is 11.6 Å². The van der Waals surface area contributed by atoms with Crippen LogP contribution in [0.15, 0.2) is 18.2 Å². The zero-order valence-electron chi connectivity index (χ0n) is 11.3. The van der Waals surface area contributed by atoms with E-state index in [0.717, 1.165) is 22.9 Å². The number of hydrogen-bond acceptors (Lipinski definition) is 1. The van der Waals surface area contributed by atoms with Crippen LogP contribution in [-0.4, -0.2) is 0 Å². The summed E-state index contributed by atoms with van der Waals surface area (Å²) in [5.41, 5.74) is 8.55. The van der Waals surface area contributed by atoms with E-state index in [1.165, 1.54) is 12.0 Å². The van der Waals surface area contributed by atoms with Gasteiger partial charge in [-0.05, 0) is 48.8 Å². The van der Waals surface area contributed by atoms with Crippen LogP contribution in [0.3, 0.4) is 0 Å². The first-order valence-corrected chi connectivity index (χ1v) is 6.79. The highest BCUT2D eigenvalue weighted by atomic mass is 35.5. The topological polar surface area (TPSA) is 26.0 Å². The second-order valence-electron chi connectivity index (χ2n) is 5.59. The third kappa shape index (κ3) is 4.69. The van der Waals surface area contributed by atoms with Gasteiger partial charge in [-0.15, -0.1) is 0 Å². The van der Waals surface area contributed by atoms with E-state index in [4.69, 9.17) is 17.3 Å². The molecule has 0 heterocycles. The molecule has 0 radical (unpaired) electrons. The molecular weight excluding hydrogens is 230 g/mol. The van der Waals surface area contributed by atoms with Gasteiger partial charge in [0.1, 0.15) is 0 Å². The molecule has 2 heteroatoms. The fraction of sp³-hybridized carbons (Fsp3) is 0.600.